The predicted octanol–water partition coefficient (Wildman–Crippen LogP) is 2.57. The maximum Gasteiger partial charge on any atom is 0.225 e. The number of halogens is 2. The lowest BCUT2D eigenvalue weighted by molar-refractivity contribution is -0.139. The van der Waals surface area contributed by atoms with Gasteiger partial charge >= 0.3 is 0 Å². The summed E-state index contributed by atoms with van der Waals surface area (Å²) in [6.07, 6.45) is 3.39. The summed E-state index contributed by atoms with van der Waals surface area (Å²) in [6.45, 7) is 6.08. The van der Waals surface area contributed by atoms with Crippen LogP contribution < -0.4 is 10.6 Å². The molecule has 156 valence electrons. The number of piperazine rings is 1. The number of guanidine groups is 1. The maximum atomic E-state index is 12.3. The Balaban J connectivity index is 0.00000280. The van der Waals surface area contributed by atoms with Crippen molar-refractivity contribution in [2.45, 2.75) is 25.8 Å². The summed E-state index contributed by atoms with van der Waals surface area (Å²) in [5.74, 6) is 1.48. The van der Waals surface area contributed by atoms with Crippen molar-refractivity contribution in [3.05, 3.63) is 34.9 Å². The van der Waals surface area contributed by atoms with Crippen molar-refractivity contribution < 1.29 is 4.79 Å². The van der Waals surface area contributed by atoms with E-state index in [0.717, 1.165) is 68.7 Å². The van der Waals surface area contributed by atoms with Crippen molar-refractivity contribution in [1.29, 1.82) is 0 Å². The third-order valence-electron chi connectivity index (χ3n) is 5.43. The van der Waals surface area contributed by atoms with E-state index in [0.29, 0.717) is 18.4 Å². The van der Waals surface area contributed by atoms with E-state index in [9.17, 15) is 4.79 Å². The highest BCUT2D eigenvalue weighted by Gasteiger charge is 2.30. The van der Waals surface area contributed by atoms with Gasteiger partial charge in [0, 0.05) is 63.8 Å². The van der Waals surface area contributed by atoms with Gasteiger partial charge in [0.25, 0.3) is 0 Å². The summed E-state index contributed by atoms with van der Waals surface area (Å²) >= 11 is 6.02. The summed E-state index contributed by atoms with van der Waals surface area (Å²) < 4.78 is 0. The molecule has 0 spiro atoms. The monoisotopic (exact) mass is 519 g/mol. The van der Waals surface area contributed by atoms with Gasteiger partial charge in [-0.2, -0.15) is 0 Å². The largest absolute Gasteiger partial charge is 0.355 e. The molecule has 8 heteroatoms. The normalized spacial score (nSPS) is 18.2. The molecule has 1 amide bonds. The molecule has 2 aliphatic rings. The van der Waals surface area contributed by atoms with Crippen molar-refractivity contribution in [2.24, 2.45) is 10.9 Å². The second kappa shape index (κ2) is 11.8. The number of nitrogens with one attached hydrogen (secondary N) is 2. The Hall–Kier alpha value is -1.06. The van der Waals surface area contributed by atoms with E-state index >= 15 is 0 Å². The van der Waals surface area contributed by atoms with Gasteiger partial charge < -0.3 is 15.5 Å². The van der Waals surface area contributed by atoms with Gasteiger partial charge in [-0.05, 0) is 30.5 Å². The number of aliphatic imine (C=N–C) groups is 1. The molecule has 1 aliphatic heterocycles. The molecule has 2 fully saturated rings. The maximum absolute atomic E-state index is 12.3. The molecule has 3 rings (SSSR count). The summed E-state index contributed by atoms with van der Waals surface area (Å²) in [4.78, 5) is 21.0. The first kappa shape index (κ1) is 23.2. The van der Waals surface area contributed by atoms with Crippen LogP contribution in [0.1, 0.15) is 24.8 Å². The molecule has 0 radical (unpaired) electrons. The summed E-state index contributed by atoms with van der Waals surface area (Å²) in [7, 11) is 1.78. The van der Waals surface area contributed by atoms with E-state index in [4.69, 9.17) is 11.6 Å². The van der Waals surface area contributed by atoms with Crippen LogP contribution >= 0.6 is 35.6 Å². The third-order valence-corrected chi connectivity index (χ3v) is 5.67. The SMILES string of the molecule is CN=C(NCCN1CCN(C(=O)C2CCC2)CC1)NCc1cccc(Cl)c1.I. The van der Waals surface area contributed by atoms with Crippen molar-refractivity contribution in [2.75, 3.05) is 46.3 Å². The van der Waals surface area contributed by atoms with Gasteiger partial charge in [-0.15, -0.1) is 24.0 Å². The molecule has 0 atom stereocenters. The van der Waals surface area contributed by atoms with Crippen LogP contribution in [0.5, 0.6) is 0 Å². The fraction of sp³-hybridized carbons (Fsp3) is 0.600. The molecule has 1 aromatic carbocycles. The first-order valence-electron chi connectivity index (χ1n) is 9.86. The molecule has 28 heavy (non-hydrogen) atoms. The molecule has 6 nitrogen and oxygen atoms in total. The smallest absolute Gasteiger partial charge is 0.225 e. The zero-order chi connectivity index (χ0) is 19.1. The number of carbonyl (C=O) groups excluding carboxylic acids is 1. The van der Waals surface area contributed by atoms with Crippen LogP contribution in [0.25, 0.3) is 0 Å². The standard InChI is InChI=1S/C20H30ClN5O.HI/c1-22-20(24-15-16-4-2-7-18(21)14-16)23-8-9-25-10-12-26(13-11-25)19(27)17-5-3-6-17;/h2,4,7,14,17H,3,5-6,8-13,15H2,1H3,(H2,22,23,24);1H. The topological polar surface area (TPSA) is 60.0 Å². The van der Waals surface area contributed by atoms with Gasteiger partial charge in [-0.3, -0.25) is 14.7 Å². The second-order valence-electron chi connectivity index (χ2n) is 7.28. The molecule has 1 heterocycles. The van der Waals surface area contributed by atoms with E-state index in [1.807, 2.05) is 24.3 Å². The minimum absolute atomic E-state index is 0. The summed E-state index contributed by atoms with van der Waals surface area (Å²) in [5.41, 5.74) is 1.12. The van der Waals surface area contributed by atoms with Crippen LogP contribution in [0.15, 0.2) is 29.3 Å². The minimum Gasteiger partial charge on any atom is -0.355 e. The zero-order valence-corrected chi connectivity index (χ0v) is 19.6. The lowest BCUT2D eigenvalue weighted by Crippen LogP contribution is -2.52. The van der Waals surface area contributed by atoms with Gasteiger partial charge in [0.2, 0.25) is 5.91 Å². The van der Waals surface area contributed by atoms with Crippen molar-refractivity contribution in [3.8, 4) is 0 Å². The lowest BCUT2D eigenvalue weighted by atomic mass is 9.84. The van der Waals surface area contributed by atoms with E-state index in [2.05, 4.69) is 25.4 Å². The molecule has 0 bridgehead atoms. The van der Waals surface area contributed by atoms with Gasteiger partial charge in [-0.1, -0.05) is 30.2 Å². The van der Waals surface area contributed by atoms with Crippen molar-refractivity contribution in [3.63, 3.8) is 0 Å². The Morgan fingerprint density at radius 2 is 1.96 bits per heavy atom. The fourth-order valence-electron chi connectivity index (χ4n) is 3.49. The number of benzene rings is 1. The first-order valence-corrected chi connectivity index (χ1v) is 10.2. The van der Waals surface area contributed by atoms with E-state index in [-0.39, 0.29) is 24.0 Å². The van der Waals surface area contributed by atoms with E-state index < -0.39 is 0 Å². The van der Waals surface area contributed by atoms with Crippen LogP contribution in [0.4, 0.5) is 0 Å². The highest BCUT2D eigenvalue weighted by atomic mass is 127. The van der Waals surface area contributed by atoms with Crippen molar-refractivity contribution >= 4 is 47.4 Å². The Bertz CT molecular complexity index is 660. The first-order chi connectivity index (χ1) is 13.2. The van der Waals surface area contributed by atoms with Crippen LogP contribution in [0, 0.1) is 5.92 Å². The number of amides is 1. The van der Waals surface area contributed by atoms with Gasteiger partial charge in [0.05, 0.1) is 0 Å². The Morgan fingerprint density at radius 3 is 2.57 bits per heavy atom. The highest BCUT2D eigenvalue weighted by molar-refractivity contribution is 14.0. The second-order valence-corrected chi connectivity index (χ2v) is 7.71. The third kappa shape index (κ3) is 6.77. The predicted molar refractivity (Wildman–Crippen MR) is 125 cm³/mol. The van der Waals surface area contributed by atoms with Gasteiger partial charge in [0.15, 0.2) is 5.96 Å². The van der Waals surface area contributed by atoms with E-state index in [1.54, 1.807) is 7.05 Å². The Morgan fingerprint density at radius 1 is 1.21 bits per heavy atom. The van der Waals surface area contributed by atoms with E-state index in [1.165, 1.54) is 6.42 Å². The van der Waals surface area contributed by atoms with Crippen molar-refractivity contribution in [1.82, 2.24) is 20.4 Å². The minimum atomic E-state index is 0. The highest BCUT2D eigenvalue weighted by Crippen LogP contribution is 2.28. The van der Waals surface area contributed by atoms with Crippen LogP contribution in [0.2, 0.25) is 5.02 Å². The Labute approximate surface area is 190 Å². The quantitative estimate of drug-likeness (QED) is 0.345. The molecule has 0 unspecified atom stereocenters. The zero-order valence-electron chi connectivity index (χ0n) is 16.5. The average molecular weight is 520 g/mol. The number of carbonyl (C=O) groups is 1. The summed E-state index contributed by atoms with van der Waals surface area (Å²) in [5, 5.41) is 7.41. The molecule has 0 aromatic heterocycles. The molecule has 1 saturated heterocycles. The molecule has 2 N–H and O–H groups in total. The lowest BCUT2D eigenvalue weighted by Gasteiger charge is -2.38. The van der Waals surface area contributed by atoms with Crippen LogP contribution in [0.3, 0.4) is 0 Å². The Kier molecular flexibility index (Phi) is 9.81. The molecule has 1 saturated carbocycles. The number of hydrogen-bond acceptors (Lipinski definition) is 3. The number of rotatable bonds is 6. The van der Waals surface area contributed by atoms with Gasteiger partial charge in [0.1, 0.15) is 0 Å². The number of nitrogens with zero attached hydrogens (tertiary/aromatic N) is 3. The van der Waals surface area contributed by atoms with Crippen LogP contribution in [-0.2, 0) is 11.3 Å². The van der Waals surface area contributed by atoms with Crippen LogP contribution in [-0.4, -0.2) is 68.0 Å². The van der Waals surface area contributed by atoms with Gasteiger partial charge in [-0.25, -0.2) is 0 Å². The summed E-state index contributed by atoms with van der Waals surface area (Å²) in [6, 6.07) is 7.81. The fourth-order valence-corrected chi connectivity index (χ4v) is 3.70. The molecular formula is C20H31ClIN5O. The average Bonchev–Trinajstić information content (AvgIpc) is 2.63. The molecule has 1 aromatic rings. The molecular weight excluding hydrogens is 489 g/mol. The molecule has 1 aliphatic carbocycles. The number of hydrogen-bond donors (Lipinski definition) is 2.